The lowest BCUT2D eigenvalue weighted by Gasteiger charge is -2.28. The van der Waals surface area contributed by atoms with Gasteiger partial charge in [0.05, 0.1) is 35.1 Å². The van der Waals surface area contributed by atoms with Gasteiger partial charge in [-0.25, -0.2) is 22.7 Å². The number of nitrogens with zero attached hydrogens (tertiary/aromatic N) is 4. The van der Waals surface area contributed by atoms with Gasteiger partial charge in [-0.2, -0.15) is 0 Å². The van der Waals surface area contributed by atoms with Crippen molar-refractivity contribution in [3.05, 3.63) is 40.4 Å². The molecule has 0 radical (unpaired) electrons. The van der Waals surface area contributed by atoms with Crippen LogP contribution in [0.15, 0.2) is 29.0 Å². The molecule has 0 saturated carbocycles. The van der Waals surface area contributed by atoms with Gasteiger partial charge in [-0.1, -0.05) is 0 Å². The Morgan fingerprint density at radius 2 is 2.18 bits per heavy atom. The van der Waals surface area contributed by atoms with E-state index in [4.69, 9.17) is 4.74 Å². The Bertz CT molecular complexity index is 1020. The van der Waals surface area contributed by atoms with E-state index < -0.39 is 18.3 Å². The molecule has 1 aliphatic heterocycles. The van der Waals surface area contributed by atoms with E-state index in [0.29, 0.717) is 13.0 Å². The summed E-state index contributed by atoms with van der Waals surface area (Å²) in [6, 6.07) is 2.07. The summed E-state index contributed by atoms with van der Waals surface area (Å²) in [4.78, 5) is 8.18. The van der Waals surface area contributed by atoms with Gasteiger partial charge in [-0.15, -0.1) is 5.10 Å². The lowest BCUT2D eigenvalue weighted by Crippen LogP contribution is -2.42. The molecule has 2 atom stereocenters. The highest BCUT2D eigenvalue weighted by atomic mass is 79.9. The molecule has 11 heteroatoms. The summed E-state index contributed by atoms with van der Waals surface area (Å²) in [5.41, 5.74) is 0.154. The van der Waals surface area contributed by atoms with E-state index in [-0.39, 0.29) is 45.5 Å². The monoisotopic (exact) mass is 457 g/mol. The molecule has 0 aromatic carbocycles. The van der Waals surface area contributed by atoms with Crippen LogP contribution in [0.2, 0.25) is 0 Å². The van der Waals surface area contributed by atoms with E-state index in [9.17, 15) is 18.3 Å². The van der Waals surface area contributed by atoms with Crippen LogP contribution in [0.4, 0.5) is 19.1 Å². The van der Waals surface area contributed by atoms with Crippen molar-refractivity contribution in [2.75, 3.05) is 18.5 Å². The molecule has 4 rings (SSSR count). The number of halogens is 4. The van der Waals surface area contributed by atoms with E-state index in [1.54, 1.807) is 0 Å². The number of fused-ring (bicyclic) bond motifs is 1. The van der Waals surface area contributed by atoms with Crippen molar-refractivity contribution in [3.8, 4) is 11.4 Å². The predicted octanol–water partition coefficient (Wildman–Crippen LogP) is 3.19. The van der Waals surface area contributed by atoms with Crippen molar-refractivity contribution < 1.29 is 23.0 Å². The Morgan fingerprint density at radius 1 is 1.36 bits per heavy atom. The van der Waals surface area contributed by atoms with Gasteiger partial charge in [0, 0.05) is 18.4 Å². The van der Waals surface area contributed by atoms with Crippen LogP contribution in [0.5, 0.6) is 0 Å². The average Bonchev–Trinajstić information content (AvgIpc) is 2.94. The average molecular weight is 458 g/mol. The van der Waals surface area contributed by atoms with Gasteiger partial charge in [0.2, 0.25) is 5.95 Å². The summed E-state index contributed by atoms with van der Waals surface area (Å²) >= 11 is 3.16. The molecular formula is C17H15BrF3N5O2. The first-order valence-corrected chi connectivity index (χ1v) is 9.24. The fraction of sp³-hybridized carbons (Fsp3) is 0.353. The fourth-order valence-electron chi connectivity index (χ4n) is 3.04. The minimum absolute atomic E-state index is 0.0453. The predicted molar refractivity (Wildman–Crippen MR) is 97.7 cm³/mol. The maximum atomic E-state index is 14.6. The van der Waals surface area contributed by atoms with E-state index >= 15 is 0 Å². The molecule has 4 heterocycles. The molecule has 148 valence electrons. The molecule has 3 aromatic heterocycles. The Kier molecular flexibility index (Phi) is 5.21. The van der Waals surface area contributed by atoms with Gasteiger partial charge in [0.25, 0.3) is 6.43 Å². The third-order valence-corrected chi connectivity index (χ3v) is 5.21. The van der Waals surface area contributed by atoms with E-state index in [1.807, 2.05) is 0 Å². The molecule has 0 aliphatic carbocycles. The summed E-state index contributed by atoms with van der Waals surface area (Å²) in [5.74, 6) is -0.468. The van der Waals surface area contributed by atoms with Gasteiger partial charge in [0.1, 0.15) is 11.2 Å². The lowest BCUT2D eigenvalue weighted by molar-refractivity contribution is -0.0136. The number of aliphatic hydroxyl groups is 1. The second kappa shape index (κ2) is 7.64. The molecular weight excluding hydrogens is 443 g/mol. The van der Waals surface area contributed by atoms with Crippen molar-refractivity contribution >= 4 is 27.4 Å². The molecule has 1 aliphatic rings. The lowest BCUT2D eigenvalue weighted by atomic mass is 10.1. The van der Waals surface area contributed by atoms with Crippen LogP contribution in [0, 0.1) is 5.82 Å². The van der Waals surface area contributed by atoms with E-state index in [2.05, 4.69) is 36.3 Å². The number of hydrogen-bond donors (Lipinski definition) is 2. The molecule has 1 saturated heterocycles. The Hall–Kier alpha value is -2.24. The number of ether oxygens (including phenoxy) is 1. The van der Waals surface area contributed by atoms with Crippen molar-refractivity contribution in [1.29, 1.82) is 0 Å². The molecule has 2 N–H and O–H groups in total. The maximum absolute atomic E-state index is 14.6. The van der Waals surface area contributed by atoms with Crippen LogP contribution in [-0.2, 0) is 4.74 Å². The molecule has 0 amide bonds. The summed E-state index contributed by atoms with van der Waals surface area (Å²) < 4.78 is 47.2. The van der Waals surface area contributed by atoms with Crippen LogP contribution >= 0.6 is 15.9 Å². The number of pyridine rings is 1. The van der Waals surface area contributed by atoms with Gasteiger partial charge >= 0.3 is 0 Å². The Labute approximate surface area is 165 Å². The number of anilines is 1. The summed E-state index contributed by atoms with van der Waals surface area (Å²) in [6.07, 6.45) is -0.346. The van der Waals surface area contributed by atoms with Crippen LogP contribution in [0.1, 0.15) is 18.4 Å². The maximum Gasteiger partial charge on any atom is 0.263 e. The number of nitrogens with one attached hydrogen (secondary N) is 1. The zero-order valence-corrected chi connectivity index (χ0v) is 15.9. The van der Waals surface area contributed by atoms with Crippen LogP contribution < -0.4 is 5.32 Å². The molecule has 0 spiro atoms. The normalized spacial score (nSPS) is 20.1. The second-order valence-corrected chi connectivity index (χ2v) is 7.11. The van der Waals surface area contributed by atoms with Gasteiger partial charge in [-0.3, -0.25) is 4.98 Å². The van der Waals surface area contributed by atoms with Crippen LogP contribution in [0.25, 0.3) is 16.9 Å². The molecule has 0 unspecified atom stereocenters. The molecule has 3 aromatic rings. The third-order valence-electron chi connectivity index (χ3n) is 4.49. The number of aliphatic hydroxyl groups excluding tert-OH is 1. The number of aromatic nitrogens is 4. The topological polar surface area (TPSA) is 84.6 Å². The van der Waals surface area contributed by atoms with Crippen LogP contribution in [0.3, 0.4) is 0 Å². The van der Waals surface area contributed by atoms with Crippen molar-refractivity contribution in [3.63, 3.8) is 0 Å². The van der Waals surface area contributed by atoms with E-state index in [1.165, 1.54) is 29.0 Å². The van der Waals surface area contributed by atoms with Crippen molar-refractivity contribution in [2.24, 2.45) is 0 Å². The van der Waals surface area contributed by atoms with E-state index in [0.717, 1.165) is 0 Å². The highest BCUT2D eigenvalue weighted by molar-refractivity contribution is 9.10. The van der Waals surface area contributed by atoms with Gasteiger partial charge < -0.3 is 15.2 Å². The third kappa shape index (κ3) is 3.45. The highest BCUT2D eigenvalue weighted by Gasteiger charge is 2.26. The molecule has 0 bridgehead atoms. The molecule has 1 fully saturated rings. The highest BCUT2D eigenvalue weighted by Crippen LogP contribution is 2.34. The first-order chi connectivity index (χ1) is 13.5. The minimum Gasteiger partial charge on any atom is -0.389 e. The molecule has 7 nitrogen and oxygen atoms in total. The number of alkyl halides is 2. The van der Waals surface area contributed by atoms with Crippen molar-refractivity contribution in [1.82, 2.24) is 19.6 Å². The first kappa shape index (κ1) is 19.1. The van der Waals surface area contributed by atoms with Crippen LogP contribution in [-0.4, -0.2) is 50.0 Å². The standard InChI is InChI=1S/C17H15BrF3N5O2/c18-13-14(19)11-6-23-17(24-9-2-4-28-7-12(9)27)25-26(11)15(13)10-5-8(16(20)21)1-3-22-10/h1,3,5-6,9,12,16,27H,2,4,7H2,(H,24,25)/t9-,12-/m1/s1. The Morgan fingerprint density at radius 3 is 2.93 bits per heavy atom. The second-order valence-electron chi connectivity index (χ2n) is 6.31. The van der Waals surface area contributed by atoms with Gasteiger partial charge in [-0.05, 0) is 34.5 Å². The zero-order valence-electron chi connectivity index (χ0n) is 14.3. The fourth-order valence-corrected chi connectivity index (χ4v) is 3.61. The first-order valence-electron chi connectivity index (χ1n) is 8.45. The number of rotatable bonds is 4. The SMILES string of the molecule is O[C@@H]1COCC[C@H]1Nc1ncc2c(F)c(Br)c(-c3cc(C(F)F)ccn3)n2n1. The number of hydrogen-bond acceptors (Lipinski definition) is 6. The van der Waals surface area contributed by atoms with Gasteiger partial charge in [0.15, 0.2) is 5.82 Å². The summed E-state index contributed by atoms with van der Waals surface area (Å²) in [5, 5.41) is 17.3. The smallest absolute Gasteiger partial charge is 0.263 e. The zero-order chi connectivity index (χ0) is 19.8. The summed E-state index contributed by atoms with van der Waals surface area (Å²) in [7, 11) is 0. The molecule has 28 heavy (non-hydrogen) atoms. The Balaban J connectivity index is 1.78. The minimum atomic E-state index is -2.68. The quantitative estimate of drug-likeness (QED) is 0.625. The largest absolute Gasteiger partial charge is 0.389 e. The summed E-state index contributed by atoms with van der Waals surface area (Å²) in [6.45, 7) is 0.676. The van der Waals surface area contributed by atoms with Crippen molar-refractivity contribution in [2.45, 2.75) is 25.0 Å².